The van der Waals surface area contributed by atoms with E-state index in [1.165, 1.54) is 7.11 Å². The van der Waals surface area contributed by atoms with E-state index in [-0.39, 0.29) is 12.6 Å². The summed E-state index contributed by atoms with van der Waals surface area (Å²) in [7, 11) is 1.37. The molecule has 0 radical (unpaired) electrons. The molecule has 2 bridgehead atoms. The Labute approximate surface area is 128 Å². The molecule has 118 valence electrons. The van der Waals surface area contributed by atoms with E-state index in [9.17, 15) is 9.59 Å². The summed E-state index contributed by atoms with van der Waals surface area (Å²) in [5, 5.41) is 2.84. The third-order valence-electron chi connectivity index (χ3n) is 4.31. The summed E-state index contributed by atoms with van der Waals surface area (Å²) in [6.07, 6.45) is 0.577. The largest absolute Gasteiger partial charge is 0.469 e. The smallest absolute Gasteiger partial charge is 0.407 e. The number of rotatable bonds is 4. The Hall–Kier alpha value is -2.08. The highest BCUT2D eigenvalue weighted by atomic mass is 16.6. The van der Waals surface area contributed by atoms with Gasteiger partial charge in [0.2, 0.25) is 0 Å². The summed E-state index contributed by atoms with van der Waals surface area (Å²) in [6.45, 7) is 0.958. The van der Waals surface area contributed by atoms with Gasteiger partial charge in [0, 0.05) is 0 Å². The normalized spacial score (nSPS) is 29.1. The number of carbonyl (C=O) groups excluding carboxylic acids is 2. The number of ether oxygens (including phenoxy) is 3. The van der Waals surface area contributed by atoms with Crippen LogP contribution in [0.15, 0.2) is 30.3 Å². The van der Waals surface area contributed by atoms with Crippen LogP contribution in [0.1, 0.15) is 18.4 Å². The average molecular weight is 305 g/mol. The monoisotopic (exact) mass is 305 g/mol. The molecule has 6 heteroatoms. The van der Waals surface area contributed by atoms with E-state index in [1.807, 2.05) is 30.3 Å². The van der Waals surface area contributed by atoms with Crippen molar-refractivity contribution in [2.45, 2.75) is 25.0 Å². The predicted octanol–water partition coefficient (Wildman–Crippen LogP) is 1.63. The SMILES string of the molecule is COC(=O)C12COCC(NC(=O)OCc3ccccc3)(C1)C2. The first-order valence-corrected chi connectivity index (χ1v) is 7.23. The van der Waals surface area contributed by atoms with Gasteiger partial charge in [-0.25, -0.2) is 4.79 Å². The molecule has 1 aromatic rings. The molecule has 3 fully saturated rings. The first-order valence-electron chi connectivity index (χ1n) is 7.23. The van der Waals surface area contributed by atoms with Gasteiger partial charge in [-0.15, -0.1) is 0 Å². The average Bonchev–Trinajstić information content (AvgIpc) is 2.52. The molecule has 1 saturated carbocycles. The summed E-state index contributed by atoms with van der Waals surface area (Å²) >= 11 is 0. The van der Waals surface area contributed by atoms with Crippen LogP contribution in [-0.2, 0) is 25.6 Å². The van der Waals surface area contributed by atoms with Gasteiger partial charge < -0.3 is 19.5 Å². The van der Waals surface area contributed by atoms with Crippen molar-refractivity contribution in [3.8, 4) is 0 Å². The van der Waals surface area contributed by atoms with E-state index >= 15 is 0 Å². The van der Waals surface area contributed by atoms with Crippen molar-refractivity contribution in [2.75, 3.05) is 20.3 Å². The molecule has 0 atom stereocenters. The standard InChI is InChI=1S/C16H19NO5/c1-20-13(18)15-8-16(9-15,11-21-10-15)17-14(19)22-7-12-5-3-2-4-6-12/h2-6H,7-11H2,1H3,(H,17,19). The fraction of sp³-hybridized carbons (Fsp3) is 0.500. The van der Waals surface area contributed by atoms with E-state index in [0.717, 1.165) is 5.56 Å². The van der Waals surface area contributed by atoms with E-state index < -0.39 is 17.0 Å². The van der Waals surface area contributed by atoms with Crippen LogP contribution in [-0.4, -0.2) is 37.9 Å². The van der Waals surface area contributed by atoms with Gasteiger partial charge in [-0.05, 0) is 18.4 Å². The number of methoxy groups -OCH3 is 1. The molecule has 3 aliphatic rings. The maximum Gasteiger partial charge on any atom is 0.407 e. The van der Waals surface area contributed by atoms with Crippen LogP contribution < -0.4 is 5.32 Å². The number of amides is 1. The number of nitrogens with one attached hydrogen (secondary N) is 1. The van der Waals surface area contributed by atoms with E-state index in [1.54, 1.807) is 0 Å². The molecular formula is C16H19NO5. The maximum absolute atomic E-state index is 12.0. The summed E-state index contributed by atoms with van der Waals surface area (Å²) in [5.41, 5.74) is -0.201. The van der Waals surface area contributed by atoms with Crippen LogP contribution in [0, 0.1) is 5.41 Å². The van der Waals surface area contributed by atoms with Crippen molar-refractivity contribution in [1.29, 1.82) is 0 Å². The van der Waals surface area contributed by atoms with Gasteiger partial charge in [-0.3, -0.25) is 4.79 Å². The molecule has 1 aliphatic carbocycles. The number of hydrogen-bond donors (Lipinski definition) is 1. The molecule has 2 heterocycles. The minimum Gasteiger partial charge on any atom is -0.469 e. The summed E-state index contributed by atoms with van der Waals surface area (Å²) < 4.78 is 15.5. The highest BCUT2D eigenvalue weighted by molar-refractivity contribution is 5.80. The van der Waals surface area contributed by atoms with Crippen LogP contribution >= 0.6 is 0 Å². The van der Waals surface area contributed by atoms with Gasteiger partial charge in [0.25, 0.3) is 0 Å². The lowest BCUT2D eigenvalue weighted by atomic mass is 9.56. The van der Waals surface area contributed by atoms with E-state index in [4.69, 9.17) is 14.2 Å². The molecule has 0 unspecified atom stereocenters. The second-order valence-electron chi connectivity index (χ2n) is 6.09. The van der Waals surface area contributed by atoms with Crippen molar-refractivity contribution in [2.24, 2.45) is 5.41 Å². The molecule has 22 heavy (non-hydrogen) atoms. The lowest BCUT2D eigenvalue weighted by Gasteiger charge is -2.57. The predicted molar refractivity (Wildman–Crippen MR) is 77.0 cm³/mol. The van der Waals surface area contributed by atoms with Crippen molar-refractivity contribution in [3.63, 3.8) is 0 Å². The summed E-state index contributed by atoms with van der Waals surface area (Å²) in [4.78, 5) is 23.8. The number of carbonyl (C=O) groups is 2. The highest BCUT2D eigenvalue weighted by Gasteiger charge is 2.63. The maximum atomic E-state index is 12.0. The van der Waals surface area contributed by atoms with Crippen LogP contribution in [0.5, 0.6) is 0 Å². The topological polar surface area (TPSA) is 73.9 Å². The van der Waals surface area contributed by atoms with Crippen molar-refractivity contribution in [3.05, 3.63) is 35.9 Å². The number of benzene rings is 1. The van der Waals surface area contributed by atoms with E-state index in [0.29, 0.717) is 26.1 Å². The van der Waals surface area contributed by atoms with Crippen LogP contribution in [0.2, 0.25) is 0 Å². The van der Waals surface area contributed by atoms with Crippen LogP contribution in [0.3, 0.4) is 0 Å². The van der Waals surface area contributed by atoms with Crippen LogP contribution in [0.25, 0.3) is 0 Å². The first-order chi connectivity index (χ1) is 10.6. The van der Waals surface area contributed by atoms with Gasteiger partial charge in [0.05, 0.1) is 31.3 Å². The molecule has 2 aliphatic heterocycles. The second-order valence-corrected chi connectivity index (χ2v) is 6.09. The molecular weight excluding hydrogens is 286 g/mol. The number of hydrogen-bond acceptors (Lipinski definition) is 5. The fourth-order valence-corrected chi connectivity index (χ4v) is 3.41. The molecule has 2 saturated heterocycles. The minimum absolute atomic E-state index is 0.214. The van der Waals surface area contributed by atoms with Gasteiger partial charge in [-0.1, -0.05) is 30.3 Å². The van der Waals surface area contributed by atoms with Gasteiger partial charge >= 0.3 is 12.1 Å². The van der Waals surface area contributed by atoms with Crippen LogP contribution in [0.4, 0.5) is 4.79 Å². The zero-order valence-electron chi connectivity index (χ0n) is 12.5. The molecule has 1 aromatic carbocycles. The highest BCUT2D eigenvalue weighted by Crippen LogP contribution is 2.53. The molecule has 0 spiro atoms. The molecule has 6 nitrogen and oxygen atoms in total. The molecule has 1 amide bonds. The Morgan fingerprint density at radius 2 is 1.95 bits per heavy atom. The molecule has 4 rings (SSSR count). The third-order valence-corrected chi connectivity index (χ3v) is 4.31. The Morgan fingerprint density at radius 1 is 1.23 bits per heavy atom. The lowest BCUT2D eigenvalue weighted by Crippen LogP contribution is -2.71. The Bertz CT molecular complexity index is 565. The zero-order chi connectivity index (χ0) is 15.6. The number of alkyl carbamates (subject to hydrolysis) is 1. The van der Waals surface area contributed by atoms with Crippen molar-refractivity contribution in [1.82, 2.24) is 5.32 Å². The van der Waals surface area contributed by atoms with Gasteiger partial charge in [0.15, 0.2) is 0 Å². The summed E-state index contributed by atoms with van der Waals surface area (Å²) in [5.74, 6) is -0.276. The van der Waals surface area contributed by atoms with Crippen molar-refractivity contribution >= 4 is 12.1 Å². The fourth-order valence-electron chi connectivity index (χ4n) is 3.41. The minimum atomic E-state index is -0.611. The van der Waals surface area contributed by atoms with Crippen molar-refractivity contribution < 1.29 is 23.8 Å². The number of esters is 1. The Kier molecular flexibility index (Phi) is 3.78. The Balaban J connectivity index is 1.53. The van der Waals surface area contributed by atoms with Gasteiger partial charge in [0.1, 0.15) is 6.61 Å². The molecule has 1 N–H and O–H groups in total. The first kappa shape index (κ1) is 14.8. The second kappa shape index (κ2) is 5.61. The lowest BCUT2D eigenvalue weighted by molar-refractivity contribution is -0.196. The zero-order valence-corrected chi connectivity index (χ0v) is 12.5. The van der Waals surface area contributed by atoms with E-state index in [2.05, 4.69) is 5.32 Å². The van der Waals surface area contributed by atoms with Gasteiger partial charge in [-0.2, -0.15) is 0 Å². The summed E-state index contributed by atoms with van der Waals surface area (Å²) in [6, 6.07) is 9.46. The number of fused-ring (bicyclic) bond motifs is 2. The third kappa shape index (κ3) is 2.66. The molecule has 0 aromatic heterocycles. The Morgan fingerprint density at radius 3 is 2.64 bits per heavy atom. The quantitative estimate of drug-likeness (QED) is 0.856.